The maximum atomic E-state index is 5.69. The van der Waals surface area contributed by atoms with E-state index in [9.17, 15) is 0 Å². The highest BCUT2D eigenvalue weighted by molar-refractivity contribution is 5.54. The minimum Gasteiger partial charge on any atom is -0.490 e. The van der Waals surface area contributed by atoms with Crippen molar-refractivity contribution in [3.63, 3.8) is 0 Å². The molecular weight excluding hydrogens is 268 g/mol. The van der Waals surface area contributed by atoms with E-state index >= 15 is 0 Å². The van der Waals surface area contributed by atoms with Crippen molar-refractivity contribution in [1.29, 1.82) is 0 Å². The second-order valence-corrected chi connectivity index (χ2v) is 4.74. The molecule has 5 heteroatoms. The lowest BCUT2D eigenvalue weighted by atomic mass is 10.1. The van der Waals surface area contributed by atoms with Gasteiger partial charge >= 0.3 is 0 Å². The van der Waals surface area contributed by atoms with Gasteiger partial charge in [-0.05, 0) is 45.4 Å². The Hall–Kier alpha value is -1.46. The van der Waals surface area contributed by atoms with Gasteiger partial charge in [-0.3, -0.25) is 0 Å². The van der Waals surface area contributed by atoms with Gasteiger partial charge in [0.2, 0.25) is 5.75 Å². The quantitative estimate of drug-likeness (QED) is 0.693. The van der Waals surface area contributed by atoms with E-state index in [2.05, 4.69) is 12.2 Å². The minimum absolute atomic E-state index is 0.266. The molecule has 1 atom stereocenters. The molecule has 0 unspecified atom stereocenters. The number of hydrogen-bond donors (Lipinski definition) is 2. The van der Waals surface area contributed by atoms with Crippen LogP contribution in [-0.4, -0.2) is 32.4 Å². The van der Waals surface area contributed by atoms with Crippen molar-refractivity contribution in [2.24, 2.45) is 5.73 Å². The number of ether oxygens (including phenoxy) is 3. The van der Waals surface area contributed by atoms with E-state index in [0.29, 0.717) is 38.7 Å². The van der Waals surface area contributed by atoms with Gasteiger partial charge in [-0.1, -0.05) is 0 Å². The fourth-order valence-electron chi connectivity index (χ4n) is 1.92. The van der Waals surface area contributed by atoms with Crippen molar-refractivity contribution < 1.29 is 14.2 Å². The van der Waals surface area contributed by atoms with Crippen LogP contribution in [0.15, 0.2) is 12.1 Å². The van der Waals surface area contributed by atoms with E-state index < -0.39 is 0 Å². The van der Waals surface area contributed by atoms with Crippen molar-refractivity contribution in [2.45, 2.75) is 40.3 Å². The lowest BCUT2D eigenvalue weighted by Gasteiger charge is -2.18. The summed E-state index contributed by atoms with van der Waals surface area (Å²) in [5.41, 5.74) is 6.71. The highest BCUT2D eigenvalue weighted by Crippen LogP contribution is 2.39. The zero-order valence-corrected chi connectivity index (χ0v) is 13.6. The first-order valence-electron chi connectivity index (χ1n) is 7.64. The van der Waals surface area contributed by atoms with Crippen LogP contribution < -0.4 is 25.3 Å². The highest BCUT2D eigenvalue weighted by atomic mass is 16.5. The van der Waals surface area contributed by atoms with Crippen molar-refractivity contribution in [3.05, 3.63) is 17.7 Å². The Kier molecular flexibility index (Phi) is 7.93. The zero-order valence-electron chi connectivity index (χ0n) is 13.6. The van der Waals surface area contributed by atoms with Gasteiger partial charge in [0.15, 0.2) is 11.5 Å². The Bertz CT molecular complexity index is 397. The summed E-state index contributed by atoms with van der Waals surface area (Å²) in [7, 11) is 0. The van der Waals surface area contributed by atoms with Gasteiger partial charge in [0.25, 0.3) is 0 Å². The first-order chi connectivity index (χ1) is 10.2. The summed E-state index contributed by atoms with van der Waals surface area (Å²) in [6.07, 6.45) is 0. The Morgan fingerprint density at radius 3 is 1.95 bits per heavy atom. The van der Waals surface area contributed by atoms with Gasteiger partial charge in [-0.15, -0.1) is 0 Å². The molecule has 0 aliphatic rings. The molecule has 1 aromatic carbocycles. The van der Waals surface area contributed by atoms with Crippen LogP contribution >= 0.6 is 0 Å². The van der Waals surface area contributed by atoms with Crippen LogP contribution in [0.2, 0.25) is 0 Å². The van der Waals surface area contributed by atoms with E-state index in [4.69, 9.17) is 19.9 Å². The number of rotatable bonds is 10. The first kappa shape index (κ1) is 17.6. The molecule has 0 bridgehead atoms. The molecule has 0 saturated carbocycles. The zero-order chi connectivity index (χ0) is 15.7. The molecule has 0 heterocycles. The van der Waals surface area contributed by atoms with Gasteiger partial charge in [0.1, 0.15) is 0 Å². The molecule has 0 radical (unpaired) electrons. The highest BCUT2D eigenvalue weighted by Gasteiger charge is 2.15. The third-order valence-corrected chi connectivity index (χ3v) is 2.98. The first-order valence-corrected chi connectivity index (χ1v) is 7.64. The SMILES string of the molecule is CCOc1cc(CN[C@H](C)CN)cc(OCC)c1OCC. The molecular formula is C16H28N2O3. The van der Waals surface area contributed by atoms with Crippen molar-refractivity contribution >= 4 is 0 Å². The number of hydrogen-bond acceptors (Lipinski definition) is 5. The molecule has 0 amide bonds. The lowest BCUT2D eigenvalue weighted by Crippen LogP contribution is -2.32. The predicted molar refractivity (Wildman–Crippen MR) is 85.3 cm³/mol. The van der Waals surface area contributed by atoms with Crippen LogP contribution in [0.3, 0.4) is 0 Å². The summed E-state index contributed by atoms with van der Waals surface area (Å²) in [6.45, 7) is 11.0. The molecule has 21 heavy (non-hydrogen) atoms. The van der Waals surface area contributed by atoms with E-state index in [-0.39, 0.29) is 6.04 Å². The average molecular weight is 296 g/mol. The number of nitrogens with two attached hydrogens (primary N) is 1. The monoisotopic (exact) mass is 296 g/mol. The Balaban J connectivity index is 3.03. The van der Waals surface area contributed by atoms with Gasteiger partial charge in [-0.2, -0.15) is 0 Å². The summed E-state index contributed by atoms with van der Waals surface area (Å²) >= 11 is 0. The van der Waals surface area contributed by atoms with Crippen molar-refractivity contribution in [3.8, 4) is 17.2 Å². The number of nitrogens with one attached hydrogen (secondary N) is 1. The summed E-state index contributed by atoms with van der Waals surface area (Å²) in [5.74, 6) is 2.13. The topological polar surface area (TPSA) is 65.7 Å². The Morgan fingerprint density at radius 1 is 1.00 bits per heavy atom. The second kappa shape index (κ2) is 9.47. The van der Waals surface area contributed by atoms with Crippen LogP contribution in [0, 0.1) is 0 Å². The third-order valence-electron chi connectivity index (χ3n) is 2.98. The molecule has 0 aromatic heterocycles. The van der Waals surface area contributed by atoms with Crippen LogP contribution in [0.4, 0.5) is 0 Å². The maximum absolute atomic E-state index is 5.69. The Labute approximate surface area is 127 Å². The minimum atomic E-state index is 0.266. The molecule has 0 spiro atoms. The molecule has 120 valence electrons. The normalized spacial score (nSPS) is 12.0. The molecule has 1 rings (SSSR count). The molecule has 5 nitrogen and oxygen atoms in total. The van der Waals surface area contributed by atoms with Gasteiger partial charge < -0.3 is 25.3 Å². The van der Waals surface area contributed by atoms with Crippen LogP contribution in [-0.2, 0) is 6.54 Å². The largest absolute Gasteiger partial charge is 0.490 e. The van der Waals surface area contributed by atoms with E-state index in [0.717, 1.165) is 17.1 Å². The second-order valence-electron chi connectivity index (χ2n) is 4.74. The standard InChI is InChI=1S/C16H28N2O3/c1-5-19-14-8-13(11-18-12(4)10-17)9-15(20-6-2)16(14)21-7-3/h8-9,12,18H,5-7,10-11,17H2,1-4H3/t12-/m1/s1. The summed E-state index contributed by atoms with van der Waals surface area (Å²) in [5, 5.41) is 3.36. The van der Waals surface area contributed by atoms with Crippen LogP contribution in [0.5, 0.6) is 17.2 Å². The Morgan fingerprint density at radius 2 is 1.52 bits per heavy atom. The van der Waals surface area contributed by atoms with E-state index in [1.165, 1.54) is 0 Å². The molecule has 1 aromatic rings. The molecule has 0 fully saturated rings. The average Bonchev–Trinajstić information content (AvgIpc) is 2.48. The summed E-state index contributed by atoms with van der Waals surface area (Å²) in [4.78, 5) is 0. The van der Waals surface area contributed by atoms with Crippen LogP contribution in [0.25, 0.3) is 0 Å². The molecule has 3 N–H and O–H groups in total. The smallest absolute Gasteiger partial charge is 0.203 e. The molecule has 0 aliphatic carbocycles. The predicted octanol–water partition coefficient (Wildman–Crippen LogP) is 2.32. The van der Waals surface area contributed by atoms with Gasteiger partial charge in [-0.25, -0.2) is 0 Å². The number of benzene rings is 1. The van der Waals surface area contributed by atoms with Crippen molar-refractivity contribution in [1.82, 2.24) is 5.32 Å². The fraction of sp³-hybridized carbons (Fsp3) is 0.625. The van der Waals surface area contributed by atoms with E-state index in [1.54, 1.807) is 0 Å². The van der Waals surface area contributed by atoms with Crippen LogP contribution in [0.1, 0.15) is 33.3 Å². The van der Waals surface area contributed by atoms with Crippen molar-refractivity contribution in [2.75, 3.05) is 26.4 Å². The summed E-state index contributed by atoms with van der Waals surface area (Å²) in [6, 6.07) is 4.25. The molecule has 0 aliphatic heterocycles. The van der Waals surface area contributed by atoms with Gasteiger partial charge in [0, 0.05) is 19.1 Å². The molecule has 0 saturated heterocycles. The lowest BCUT2D eigenvalue weighted by molar-refractivity contribution is 0.260. The van der Waals surface area contributed by atoms with Gasteiger partial charge in [0.05, 0.1) is 19.8 Å². The fourth-order valence-corrected chi connectivity index (χ4v) is 1.92. The van der Waals surface area contributed by atoms with E-state index in [1.807, 2.05) is 32.9 Å². The third kappa shape index (κ3) is 5.44. The maximum Gasteiger partial charge on any atom is 0.203 e. The summed E-state index contributed by atoms with van der Waals surface area (Å²) < 4.78 is 17.1.